The van der Waals surface area contributed by atoms with E-state index in [9.17, 15) is 4.79 Å². The van der Waals surface area contributed by atoms with Crippen molar-refractivity contribution >= 4 is 23.9 Å². The fraction of sp³-hybridized carbons (Fsp3) is 0.676. The molecule has 0 amide bonds. The fourth-order valence-corrected chi connectivity index (χ4v) is 6.39. The van der Waals surface area contributed by atoms with Gasteiger partial charge < -0.3 is 14.2 Å². The van der Waals surface area contributed by atoms with E-state index in [-0.39, 0.29) is 18.4 Å². The number of ether oxygens (including phenoxy) is 3. The average Bonchev–Trinajstić information content (AvgIpc) is 2.92. The van der Waals surface area contributed by atoms with Gasteiger partial charge in [0.05, 0.1) is 25.3 Å². The number of rotatable bonds is 12. The van der Waals surface area contributed by atoms with E-state index in [0.29, 0.717) is 30.6 Å². The van der Waals surface area contributed by atoms with Crippen LogP contribution >= 0.6 is 12.4 Å². The van der Waals surface area contributed by atoms with Crippen LogP contribution in [0.25, 0.3) is 5.57 Å². The molecule has 1 saturated heterocycles. The maximum absolute atomic E-state index is 13.2. The first-order valence-electron chi connectivity index (χ1n) is 15.5. The molecule has 1 aromatic carbocycles. The van der Waals surface area contributed by atoms with Crippen LogP contribution in [0, 0.1) is 18.3 Å². The summed E-state index contributed by atoms with van der Waals surface area (Å²) in [6, 6.07) is 4.32. The van der Waals surface area contributed by atoms with Gasteiger partial charge in [0.2, 0.25) is 0 Å². The van der Waals surface area contributed by atoms with E-state index in [1.807, 2.05) is 0 Å². The lowest BCUT2D eigenvalue weighted by atomic mass is 9.79. The van der Waals surface area contributed by atoms with Gasteiger partial charge in [-0.1, -0.05) is 52.4 Å². The standard InChI is InChI=1S/C34H50N2O4.ClH/c1-7-9-10-12-25(3)26(4)27-22-30(39-32(37)13-11-16-35-18-20-38-21-19-35)33-28-24-36(15-8-2)17-14-29(28)34(5,6)40-31(33)23-27;/h2,22-23,25-26H,7,9-21,24H2,1,3-6H3;1H. The molecule has 2 atom stereocenters. The third-order valence-electron chi connectivity index (χ3n) is 9.05. The molecule has 1 fully saturated rings. The predicted octanol–water partition coefficient (Wildman–Crippen LogP) is 6.71. The number of morpholine rings is 1. The molecule has 0 aliphatic carbocycles. The van der Waals surface area contributed by atoms with E-state index in [1.54, 1.807) is 0 Å². The summed E-state index contributed by atoms with van der Waals surface area (Å²) >= 11 is 0. The maximum Gasteiger partial charge on any atom is 0.311 e. The lowest BCUT2D eigenvalue weighted by Gasteiger charge is -2.42. The molecule has 41 heavy (non-hydrogen) atoms. The monoisotopic (exact) mass is 586 g/mol. The Labute approximate surface area is 254 Å². The zero-order valence-corrected chi connectivity index (χ0v) is 26.7. The van der Waals surface area contributed by atoms with Crippen LogP contribution in [0.2, 0.25) is 0 Å². The van der Waals surface area contributed by atoms with Crippen LogP contribution in [-0.4, -0.2) is 73.9 Å². The van der Waals surface area contributed by atoms with Crippen LogP contribution in [-0.2, 0) is 9.53 Å². The molecule has 0 N–H and O–H groups in total. The highest BCUT2D eigenvalue weighted by Gasteiger charge is 2.39. The molecule has 7 heteroatoms. The summed E-state index contributed by atoms with van der Waals surface area (Å²) in [4.78, 5) is 17.9. The molecule has 4 rings (SSSR count). The molecule has 6 nitrogen and oxygen atoms in total. The van der Waals surface area contributed by atoms with Gasteiger partial charge in [0.1, 0.15) is 17.1 Å². The number of hydrogen-bond acceptors (Lipinski definition) is 6. The minimum Gasteiger partial charge on any atom is -0.483 e. The summed E-state index contributed by atoms with van der Waals surface area (Å²) in [5.41, 5.74) is 4.19. The summed E-state index contributed by atoms with van der Waals surface area (Å²) in [5, 5.41) is 0. The summed E-state index contributed by atoms with van der Waals surface area (Å²) in [6.45, 7) is 17.7. The highest BCUT2D eigenvalue weighted by molar-refractivity contribution is 5.85. The number of fused-ring (bicyclic) bond motifs is 2. The second-order valence-electron chi connectivity index (χ2n) is 12.4. The lowest BCUT2D eigenvalue weighted by Crippen LogP contribution is -2.42. The van der Waals surface area contributed by atoms with Crippen LogP contribution in [0.5, 0.6) is 11.5 Å². The molecule has 2 unspecified atom stereocenters. The molecule has 0 aromatic heterocycles. The minimum absolute atomic E-state index is 0. The Hall–Kier alpha value is -2.04. The number of nitrogens with zero attached hydrogens (tertiary/aromatic N) is 2. The van der Waals surface area contributed by atoms with Gasteiger partial charge in [0.15, 0.2) is 0 Å². The number of hydrogen-bond donors (Lipinski definition) is 0. The van der Waals surface area contributed by atoms with E-state index in [4.69, 9.17) is 20.6 Å². The number of unbranched alkanes of at least 4 members (excludes halogenated alkanes) is 2. The van der Waals surface area contributed by atoms with Gasteiger partial charge in [-0.25, -0.2) is 0 Å². The third-order valence-corrected chi connectivity index (χ3v) is 9.05. The number of carbonyl (C=O) groups is 1. The first kappa shape index (κ1) is 33.5. The van der Waals surface area contributed by atoms with Gasteiger partial charge in [0, 0.05) is 32.6 Å². The van der Waals surface area contributed by atoms with Crippen molar-refractivity contribution < 1.29 is 19.0 Å². The molecule has 3 aliphatic rings. The number of benzene rings is 1. The zero-order valence-electron chi connectivity index (χ0n) is 25.9. The average molecular weight is 587 g/mol. The first-order valence-corrected chi connectivity index (χ1v) is 15.5. The Kier molecular flexibility index (Phi) is 12.6. The highest BCUT2D eigenvalue weighted by atomic mass is 35.5. The molecule has 3 heterocycles. The van der Waals surface area contributed by atoms with E-state index in [2.05, 4.69) is 62.5 Å². The van der Waals surface area contributed by atoms with Crippen LogP contribution in [0.15, 0.2) is 17.7 Å². The Morgan fingerprint density at radius 2 is 1.88 bits per heavy atom. The smallest absolute Gasteiger partial charge is 0.311 e. The van der Waals surface area contributed by atoms with Crippen molar-refractivity contribution in [3.8, 4) is 23.8 Å². The largest absolute Gasteiger partial charge is 0.483 e. The molecule has 3 aliphatic heterocycles. The van der Waals surface area contributed by atoms with Gasteiger partial charge in [-0.15, -0.1) is 18.8 Å². The number of esters is 1. The van der Waals surface area contributed by atoms with Crippen molar-refractivity contribution in [1.29, 1.82) is 0 Å². The predicted molar refractivity (Wildman–Crippen MR) is 169 cm³/mol. The highest BCUT2D eigenvalue weighted by Crippen LogP contribution is 2.49. The summed E-state index contributed by atoms with van der Waals surface area (Å²) < 4.78 is 18.4. The molecular weight excluding hydrogens is 536 g/mol. The molecule has 0 bridgehead atoms. The molecule has 228 valence electrons. The van der Waals surface area contributed by atoms with Crippen molar-refractivity contribution in [2.45, 2.75) is 91.1 Å². The van der Waals surface area contributed by atoms with Crippen LogP contribution < -0.4 is 9.47 Å². The maximum atomic E-state index is 13.2. The van der Waals surface area contributed by atoms with Gasteiger partial charge in [-0.3, -0.25) is 14.6 Å². The molecule has 1 aromatic rings. The Morgan fingerprint density at radius 1 is 1.12 bits per heavy atom. The number of halogens is 1. The van der Waals surface area contributed by atoms with E-state index in [0.717, 1.165) is 70.1 Å². The van der Waals surface area contributed by atoms with E-state index >= 15 is 0 Å². The fourth-order valence-electron chi connectivity index (χ4n) is 6.39. The lowest BCUT2D eigenvalue weighted by molar-refractivity contribution is -0.134. The Bertz CT molecular complexity index is 1100. The van der Waals surface area contributed by atoms with Gasteiger partial charge in [-0.2, -0.15) is 0 Å². The normalized spacial score (nSPS) is 20.1. The van der Waals surface area contributed by atoms with Crippen LogP contribution in [0.4, 0.5) is 0 Å². The third kappa shape index (κ3) is 8.51. The number of carbonyl (C=O) groups excluding carboxylic acids is 1. The van der Waals surface area contributed by atoms with Crippen molar-refractivity contribution in [3.63, 3.8) is 0 Å². The quantitative estimate of drug-likeness (QED) is 0.117. The van der Waals surface area contributed by atoms with Crippen molar-refractivity contribution in [2.75, 3.05) is 52.5 Å². The van der Waals surface area contributed by atoms with Crippen molar-refractivity contribution in [2.24, 2.45) is 5.92 Å². The summed E-state index contributed by atoms with van der Waals surface area (Å²) in [7, 11) is 0. The van der Waals surface area contributed by atoms with Gasteiger partial charge in [0.25, 0.3) is 0 Å². The van der Waals surface area contributed by atoms with Crippen molar-refractivity contribution in [1.82, 2.24) is 9.80 Å². The second-order valence-corrected chi connectivity index (χ2v) is 12.4. The number of terminal acetylenes is 1. The summed E-state index contributed by atoms with van der Waals surface area (Å²) in [5.74, 6) is 4.94. The topological polar surface area (TPSA) is 51.2 Å². The summed E-state index contributed by atoms with van der Waals surface area (Å²) in [6.07, 6.45) is 12.7. The second kappa shape index (κ2) is 15.4. The van der Waals surface area contributed by atoms with Crippen molar-refractivity contribution in [3.05, 3.63) is 28.8 Å². The van der Waals surface area contributed by atoms with Crippen LogP contribution in [0.1, 0.15) is 96.6 Å². The van der Waals surface area contributed by atoms with E-state index in [1.165, 1.54) is 42.4 Å². The minimum atomic E-state index is -0.418. The Balaban J connectivity index is 0.00000462. The van der Waals surface area contributed by atoms with Gasteiger partial charge >= 0.3 is 5.97 Å². The molecular formula is C34H51ClN2O4. The van der Waals surface area contributed by atoms with E-state index < -0.39 is 5.60 Å². The van der Waals surface area contributed by atoms with Gasteiger partial charge in [-0.05, 0) is 73.9 Å². The Morgan fingerprint density at radius 3 is 2.59 bits per heavy atom. The SMILES string of the molecule is C#CCN1CCC2=C(C1)c1c(OC(=O)CCCN3CCOCC3)cc(C(C)C(C)CCCCC)cc1OC2(C)C.Cl. The molecule has 0 saturated carbocycles. The molecule has 0 spiro atoms. The van der Waals surface area contributed by atoms with Crippen LogP contribution in [0.3, 0.4) is 0 Å². The molecule has 0 radical (unpaired) electrons. The first-order chi connectivity index (χ1) is 19.2. The zero-order chi connectivity index (χ0) is 28.7.